The van der Waals surface area contributed by atoms with Crippen LogP contribution in [0.15, 0.2) is 12.5 Å². The molecule has 1 aromatic heterocycles. The number of nitrogens with one attached hydrogen (secondary N) is 1. The molecule has 1 aliphatic carbocycles. The average molecular weight is 237 g/mol. The van der Waals surface area contributed by atoms with Crippen molar-refractivity contribution in [3.8, 4) is 0 Å². The molecule has 1 aromatic rings. The normalized spacial score (nSPS) is 25.1. The van der Waals surface area contributed by atoms with Crippen LogP contribution in [0.4, 0.5) is 0 Å². The third-order valence-electron chi connectivity index (χ3n) is 3.24. The molecule has 0 radical (unpaired) electrons. The summed E-state index contributed by atoms with van der Waals surface area (Å²) in [7, 11) is 0. The van der Waals surface area contributed by atoms with E-state index in [9.17, 15) is 0 Å². The van der Waals surface area contributed by atoms with Crippen molar-refractivity contribution < 1.29 is 9.47 Å². The summed E-state index contributed by atoms with van der Waals surface area (Å²) in [6, 6.07) is 0.670. The van der Waals surface area contributed by atoms with Crippen molar-refractivity contribution in [1.29, 1.82) is 0 Å². The van der Waals surface area contributed by atoms with Gasteiger partial charge in [0.25, 0.3) is 0 Å². The van der Waals surface area contributed by atoms with E-state index in [4.69, 9.17) is 9.47 Å². The van der Waals surface area contributed by atoms with Crippen molar-refractivity contribution >= 4 is 0 Å². The highest BCUT2D eigenvalue weighted by Crippen LogP contribution is 2.35. The third-order valence-corrected chi connectivity index (χ3v) is 3.24. The molecule has 3 rings (SSSR count). The Kier molecular flexibility index (Phi) is 3.40. The summed E-state index contributed by atoms with van der Waals surface area (Å²) < 4.78 is 13.5. The molecule has 0 amide bonds. The van der Waals surface area contributed by atoms with E-state index in [1.54, 1.807) is 0 Å². The van der Waals surface area contributed by atoms with Crippen LogP contribution in [0.1, 0.15) is 24.6 Å². The number of hydrogen-bond donors (Lipinski definition) is 1. The molecule has 1 saturated carbocycles. The summed E-state index contributed by atoms with van der Waals surface area (Å²) in [5.74, 6) is 0. The van der Waals surface area contributed by atoms with Crippen molar-refractivity contribution in [3.63, 3.8) is 0 Å². The molecule has 1 atom stereocenters. The third kappa shape index (κ3) is 2.86. The van der Waals surface area contributed by atoms with Gasteiger partial charge < -0.3 is 19.4 Å². The predicted octanol–water partition coefficient (Wildman–Crippen LogP) is 0.723. The molecule has 0 bridgehead atoms. The molecule has 0 aromatic carbocycles. The Morgan fingerprint density at radius 3 is 3.24 bits per heavy atom. The molecular weight excluding hydrogens is 218 g/mol. The van der Waals surface area contributed by atoms with Gasteiger partial charge in [-0.2, -0.15) is 0 Å². The van der Waals surface area contributed by atoms with Crippen LogP contribution in [0, 0.1) is 0 Å². The summed E-state index contributed by atoms with van der Waals surface area (Å²) in [4.78, 5) is 4.19. The number of hydrogen-bond acceptors (Lipinski definition) is 4. The summed E-state index contributed by atoms with van der Waals surface area (Å²) >= 11 is 0. The lowest BCUT2D eigenvalue weighted by Crippen LogP contribution is -2.41. The Morgan fingerprint density at radius 1 is 1.53 bits per heavy atom. The number of rotatable bonds is 5. The van der Waals surface area contributed by atoms with Gasteiger partial charge in [0.15, 0.2) is 0 Å². The zero-order chi connectivity index (χ0) is 11.5. The van der Waals surface area contributed by atoms with Crippen LogP contribution in [0.2, 0.25) is 0 Å². The van der Waals surface area contributed by atoms with E-state index < -0.39 is 0 Å². The molecule has 1 aliphatic heterocycles. The van der Waals surface area contributed by atoms with Crippen LogP contribution in [-0.2, 0) is 16.1 Å². The fourth-order valence-electron chi connectivity index (χ4n) is 2.15. The van der Waals surface area contributed by atoms with Gasteiger partial charge >= 0.3 is 0 Å². The Bertz CT molecular complexity index is 356. The summed E-state index contributed by atoms with van der Waals surface area (Å²) in [5, 5.41) is 3.30. The van der Waals surface area contributed by atoms with E-state index in [1.807, 2.05) is 12.5 Å². The molecule has 17 heavy (non-hydrogen) atoms. The van der Waals surface area contributed by atoms with Gasteiger partial charge in [0.1, 0.15) is 0 Å². The SMILES string of the molecule is c1ncn(C2CC2)c1COCC1CNCCO1. The first-order chi connectivity index (χ1) is 8.43. The lowest BCUT2D eigenvalue weighted by Gasteiger charge is -2.23. The van der Waals surface area contributed by atoms with Gasteiger partial charge in [-0.15, -0.1) is 0 Å². The second-order valence-electron chi connectivity index (χ2n) is 4.74. The largest absolute Gasteiger partial charge is 0.373 e. The topological polar surface area (TPSA) is 48.3 Å². The summed E-state index contributed by atoms with van der Waals surface area (Å²) in [6.45, 7) is 3.92. The summed E-state index contributed by atoms with van der Waals surface area (Å²) in [5.41, 5.74) is 1.18. The number of morpholine rings is 1. The molecule has 1 N–H and O–H groups in total. The van der Waals surface area contributed by atoms with Crippen LogP contribution in [0.3, 0.4) is 0 Å². The monoisotopic (exact) mass is 237 g/mol. The highest BCUT2D eigenvalue weighted by Gasteiger charge is 2.25. The van der Waals surface area contributed by atoms with E-state index in [-0.39, 0.29) is 6.10 Å². The van der Waals surface area contributed by atoms with E-state index in [0.29, 0.717) is 19.3 Å². The molecule has 5 nitrogen and oxygen atoms in total. The van der Waals surface area contributed by atoms with Gasteiger partial charge in [-0.05, 0) is 12.8 Å². The minimum absolute atomic E-state index is 0.195. The smallest absolute Gasteiger partial charge is 0.0951 e. The Balaban J connectivity index is 1.45. The predicted molar refractivity (Wildman–Crippen MR) is 62.8 cm³/mol. The number of aromatic nitrogens is 2. The molecule has 1 unspecified atom stereocenters. The molecule has 2 heterocycles. The maximum atomic E-state index is 5.71. The van der Waals surface area contributed by atoms with E-state index in [0.717, 1.165) is 19.7 Å². The zero-order valence-corrected chi connectivity index (χ0v) is 9.97. The van der Waals surface area contributed by atoms with E-state index in [2.05, 4.69) is 14.9 Å². The van der Waals surface area contributed by atoms with Gasteiger partial charge in [0, 0.05) is 19.1 Å². The van der Waals surface area contributed by atoms with E-state index in [1.165, 1.54) is 18.5 Å². The van der Waals surface area contributed by atoms with Crippen molar-refractivity contribution in [1.82, 2.24) is 14.9 Å². The second-order valence-corrected chi connectivity index (χ2v) is 4.74. The minimum atomic E-state index is 0.195. The van der Waals surface area contributed by atoms with Crippen LogP contribution < -0.4 is 5.32 Å². The number of ether oxygens (including phenoxy) is 2. The first-order valence-corrected chi connectivity index (χ1v) is 6.34. The van der Waals surface area contributed by atoms with Crippen molar-refractivity contribution in [2.24, 2.45) is 0 Å². The van der Waals surface area contributed by atoms with Gasteiger partial charge in [-0.3, -0.25) is 0 Å². The van der Waals surface area contributed by atoms with Crippen LogP contribution in [-0.4, -0.2) is 42.0 Å². The van der Waals surface area contributed by atoms with Gasteiger partial charge in [-0.25, -0.2) is 4.98 Å². The number of imidazole rings is 1. The average Bonchev–Trinajstić information content (AvgIpc) is 3.11. The fourth-order valence-corrected chi connectivity index (χ4v) is 2.15. The molecule has 94 valence electrons. The first kappa shape index (κ1) is 11.2. The molecule has 0 spiro atoms. The Morgan fingerprint density at radius 2 is 2.47 bits per heavy atom. The highest BCUT2D eigenvalue weighted by molar-refractivity contribution is 5.02. The molecular formula is C12H19N3O2. The maximum Gasteiger partial charge on any atom is 0.0951 e. The fraction of sp³-hybridized carbons (Fsp3) is 0.750. The molecule has 2 fully saturated rings. The summed E-state index contributed by atoms with van der Waals surface area (Å²) in [6.07, 6.45) is 6.56. The number of nitrogens with zero attached hydrogens (tertiary/aromatic N) is 2. The van der Waals surface area contributed by atoms with Crippen LogP contribution in [0.25, 0.3) is 0 Å². The molecule has 1 saturated heterocycles. The van der Waals surface area contributed by atoms with Crippen molar-refractivity contribution in [3.05, 3.63) is 18.2 Å². The zero-order valence-electron chi connectivity index (χ0n) is 9.97. The van der Waals surface area contributed by atoms with Gasteiger partial charge in [0.2, 0.25) is 0 Å². The van der Waals surface area contributed by atoms with Gasteiger partial charge in [-0.1, -0.05) is 0 Å². The highest BCUT2D eigenvalue weighted by atomic mass is 16.5. The molecule has 2 aliphatic rings. The van der Waals surface area contributed by atoms with Crippen LogP contribution in [0.5, 0.6) is 0 Å². The standard InChI is InChI=1S/C12H19N3O2/c1-2-10(1)15-9-14-5-11(15)7-16-8-12-6-13-3-4-17-12/h5,9-10,12-13H,1-4,6-8H2. The van der Waals surface area contributed by atoms with Gasteiger partial charge in [0.05, 0.1) is 44.1 Å². The lowest BCUT2D eigenvalue weighted by atomic mass is 10.3. The van der Waals surface area contributed by atoms with E-state index >= 15 is 0 Å². The van der Waals surface area contributed by atoms with Crippen molar-refractivity contribution in [2.75, 3.05) is 26.3 Å². The maximum absolute atomic E-state index is 5.71. The lowest BCUT2D eigenvalue weighted by molar-refractivity contribution is -0.0367. The Labute approximate surface area is 101 Å². The Hall–Kier alpha value is -0.910. The molecule has 5 heteroatoms. The van der Waals surface area contributed by atoms with Crippen molar-refractivity contribution in [2.45, 2.75) is 31.6 Å². The first-order valence-electron chi connectivity index (χ1n) is 6.34. The quantitative estimate of drug-likeness (QED) is 0.820. The minimum Gasteiger partial charge on any atom is -0.373 e. The van der Waals surface area contributed by atoms with Crippen LogP contribution >= 0.6 is 0 Å². The second kappa shape index (κ2) is 5.16.